The van der Waals surface area contributed by atoms with Crippen LogP contribution in [0.15, 0.2) is 72.8 Å². The molecule has 9 nitrogen and oxygen atoms in total. The molecule has 0 saturated heterocycles. The van der Waals surface area contributed by atoms with Crippen LogP contribution < -0.4 is 15.4 Å². The Morgan fingerprint density at radius 3 is 1.91 bits per heavy atom. The normalized spacial score (nSPS) is 10.0. The van der Waals surface area contributed by atoms with E-state index in [2.05, 4.69) is 20.1 Å². The van der Waals surface area contributed by atoms with Gasteiger partial charge in [-0.15, -0.1) is 0 Å². The molecular formula is C24H20N2O7. The Hall–Kier alpha value is -4.66. The average Bonchev–Trinajstić information content (AvgIpc) is 2.84. The predicted molar refractivity (Wildman–Crippen MR) is 119 cm³/mol. The molecule has 0 saturated carbocycles. The van der Waals surface area contributed by atoms with Crippen molar-refractivity contribution in [2.75, 3.05) is 24.9 Å². The molecule has 0 unspecified atom stereocenters. The third-order valence-electron chi connectivity index (χ3n) is 4.39. The second-order valence-corrected chi connectivity index (χ2v) is 6.59. The van der Waals surface area contributed by atoms with Crippen LogP contribution in [0.4, 0.5) is 11.4 Å². The van der Waals surface area contributed by atoms with Crippen molar-refractivity contribution in [2.24, 2.45) is 0 Å². The lowest BCUT2D eigenvalue weighted by molar-refractivity contribution is -0.133. The van der Waals surface area contributed by atoms with Crippen molar-refractivity contribution in [1.82, 2.24) is 0 Å². The number of rotatable bonds is 6. The van der Waals surface area contributed by atoms with Crippen LogP contribution in [0.25, 0.3) is 0 Å². The standard InChI is InChI=1S/C24H20N2O7/c1-31-23(29)15-8-13-19(24(30)32-2)20(14-15)26-22(28)21(27)25-16-9-11-18(12-10-16)33-17-6-4-3-5-7-17/h3-14H,1-2H3,(H,25,27)(H,26,28). The van der Waals surface area contributed by atoms with Crippen molar-refractivity contribution in [1.29, 1.82) is 0 Å². The van der Waals surface area contributed by atoms with Crippen molar-refractivity contribution in [3.05, 3.63) is 83.9 Å². The molecule has 168 valence electrons. The molecule has 0 aliphatic heterocycles. The summed E-state index contributed by atoms with van der Waals surface area (Å²) >= 11 is 0. The Labute approximate surface area is 189 Å². The maximum atomic E-state index is 12.4. The van der Waals surface area contributed by atoms with E-state index in [0.29, 0.717) is 17.2 Å². The maximum absolute atomic E-state index is 12.4. The largest absolute Gasteiger partial charge is 0.465 e. The molecular weight excluding hydrogens is 428 g/mol. The van der Waals surface area contributed by atoms with E-state index in [1.54, 1.807) is 36.4 Å². The molecule has 0 spiro atoms. The van der Waals surface area contributed by atoms with E-state index in [0.717, 1.165) is 0 Å². The highest BCUT2D eigenvalue weighted by atomic mass is 16.5. The minimum atomic E-state index is -1.05. The van der Waals surface area contributed by atoms with E-state index < -0.39 is 23.8 Å². The summed E-state index contributed by atoms with van der Waals surface area (Å²) in [5, 5.41) is 4.77. The molecule has 2 amide bonds. The summed E-state index contributed by atoms with van der Waals surface area (Å²) in [6, 6.07) is 19.4. The first-order valence-electron chi connectivity index (χ1n) is 9.67. The van der Waals surface area contributed by atoms with Crippen LogP contribution in [-0.2, 0) is 19.1 Å². The van der Waals surface area contributed by atoms with Crippen LogP contribution >= 0.6 is 0 Å². The molecule has 33 heavy (non-hydrogen) atoms. The molecule has 0 atom stereocenters. The van der Waals surface area contributed by atoms with Crippen LogP contribution in [0.2, 0.25) is 0 Å². The fraction of sp³-hybridized carbons (Fsp3) is 0.0833. The Balaban J connectivity index is 1.69. The zero-order chi connectivity index (χ0) is 23.8. The lowest BCUT2D eigenvalue weighted by Gasteiger charge is -2.12. The Morgan fingerprint density at radius 2 is 1.27 bits per heavy atom. The first kappa shape index (κ1) is 23.0. The number of para-hydroxylation sites is 1. The topological polar surface area (TPSA) is 120 Å². The first-order chi connectivity index (χ1) is 15.9. The summed E-state index contributed by atoms with van der Waals surface area (Å²) < 4.78 is 15.0. The van der Waals surface area contributed by atoms with Gasteiger partial charge >= 0.3 is 23.8 Å². The van der Waals surface area contributed by atoms with Gasteiger partial charge in [-0.3, -0.25) is 9.59 Å². The number of carbonyl (C=O) groups is 4. The van der Waals surface area contributed by atoms with Gasteiger partial charge in [0, 0.05) is 5.69 Å². The summed E-state index contributed by atoms with van der Waals surface area (Å²) in [7, 11) is 2.36. The number of carbonyl (C=O) groups excluding carboxylic acids is 4. The lowest BCUT2D eigenvalue weighted by atomic mass is 10.1. The number of esters is 2. The Morgan fingerprint density at radius 1 is 0.667 bits per heavy atom. The number of anilines is 2. The van der Waals surface area contributed by atoms with Crippen molar-refractivity contribution >= 4 is 35.1 Å². The zero-order valence-electron chi connectivity index (χ0n) is 17.8. The summed E-state index contributed by atoms with van der Waals surface area (Å²) in [5.41, 5.74) is 0.326. The van der Waals surface area contributed by atoms with E-state index in [4.69, 9.17) is 4.74 Å². The zero-order valence-corrected chi connectivity index (χ0v) is 17.8. The van der Waals surface area contributed by atoms with Crippen LogP contribution in [-0.4, -0.2) is 38.0 Å². The number of ether oxygens (including phenoxy) is 3. The van der Waals surface area contributed by atoms with E-state index in [9.17, 15) is 19.2 Å². The van der Waals surface area contributed by atoms with Gasteiger partial charge in [-0.25, -0.2) is 9.59 Å². The summed E-state index contributed by atoms with van der Waals surface area (Å²) in [4.78, 5) is 48.5. The van der Waals surface area contributed by atoms with Gasteiger partial charge in [0.1, 0.15) is 11.5 Å². The number of nitrogens with one attached hydrogen (secondary N) is 2. The molecule has 0 bridgehead atoms. The summed E-state index contributed by atoms with van der Waals surface area (Å²) in [5.74, 6) is -2.26. The third kappa shape index (κ3) is 5.95. The maximum Gasteiger partial charge on any atom is 0.339 e. The highest BCUT2D eigenvalue weighted by Crippen LogP contribution is 2.23. The van der Waals surface area contributed by atoms with Crippen LogP contribution in [0.3, 0.4) is 0 Å². The van der Waals surface area contributed by atoms with E-state index >= 15 is 0 Å². The van der Waals surface area contributed by atoms with Gasteiger partial charge in [0.15, 0.2) is 0 Å². The number of methoxy groups -OCH3 is 2. The molecule has 3 aromatic carbocycles. The smallest absolute Gasteiger partial charge is 0.339 e. The quantitative estimate of drug-likeness (QED) is 0.436. The molecule has 0 fully saturated rings. The van der Waals surface area contributed by atoms with Crippen LogP contribution in [0, 0.1) is 0 Å². The van der Waals surface area contributed by atoms with Crippen molar-refractivity contribution in [2.45, 2.75) is 0 Å². The minimum Gasteiger partial charge on any atom is -0.465 e. The molecule has 2 N–H and O–H groups in total. The predicted octanol–water partition coefficient (Wildman–Crippen LogP) is 3.63. The van der Waals surface area contributed by atoms with Crippen molar-refractivity contribution in [3.63, 3.8) is 0 Å². The van der Waals surface area contributed by atoms with Gasteiger partial charge in [0.05, 0.1) is 31.0 Å². The minimum absolute atomic E-state index is 0.0336. The van der Waals surface area contributed by atoms with E-state index in [-0.39, 0.29) is 16.8 Å². The molecule has 9 heteroatoms. The second-order valence-electron chi connectivity index (χ2n) is 6.59. The Bertz CT molecular complexity index is 1180. The second kappa shape index (κ2) is 10.6. The molecule has 0 aliphatic carbocycles. The number of amides is 2. The highest BCUT2D eigenvalue weighted by molar-refractivity contribution is 6.44. The van der Waals surface area contributed by atoms with Gasteiger partial charge < -0.3 is 24.8 Å². The van der Waals surface area contributed by atoms with Gasteiger partial charge in [0.2, 0.25) is 0 Å². The van der Waals surface area contributed by atoms with Gasteiger partial charge in [-0.2, -0.15) is 0 Å². The average molecular weight is 448 g/mol. The van der Waals surface area contributed by atoms with Crippen LogP contribution in [0.1, 0.15) is 20.7 Å². The van der Waals surface area contributed by atoms with E-state index in [1.165, 1.54) is 32.4 Å². The van der Waals surface area contributed by atoms with Crippen molar-refractivity contribution in [3.8, 4) is 11.5 Å². The molecule has 3 rings (SSSR count). The lowest BCUT2D eigenvalue weighted by Crippen LogP contribution is -2.30. The monoisotopic (exact) mass is 448 g/mol. The molecule has 0 heterocycles. The summed E-state index contributed by atoms with van der Waals surface area (Å²) in [6.45, 7) is 0. The SMILES string of the molecule is COC(=O)c1ccc(C(=O)OC)c(NC(=O)C(=O)Nc2ccc(Oc3ccccc3)cc2)c1. The summed E-state index contributed by atoms with van der Waals surface area (Å²) in [6.07, 6.45) is 0. The van der Waals surface area contributed by atoms with Gasteiger partial charge in [-0.05, 0) is 54.6 Å². The van der Waals surface area contributed by atoms with E-state index in [1.807, 2.05) is 18.2 Å². The fourth-order valence-corrected chi connectivity index (χ4v) is 2.78. The van der Waals surface area contributed by atoms with Gasteiger partial charge in [0.25, 0.3) is 0 Å². The molecule has 0 aliphatic rings. The van der Waals surface area contributed by atoms with Crippen molar-refractivity contribution < 1.29 is 33.4 Å². The highest BCUT2D eigenvalue weighted by Gasteiger charge is 2.20. The first-order valence-corrected chi connectivity index (χ1v) is 9.67. The molecule has 0 aromatic heterocycles. The van der Waals surface area contributed by atoms with Gasteiger partial charge in [-0.1, -0.05) is 18.2 Å². The fourth-order valence-electron chi connectivity index (χ4n) is 2.78. The number of benzene rings is 3. The Kier molecular flexibility index (Phi) is 7.38. The number of hydrogen-bond donors (Lipinski definition) is 2. The molecule has 0 radical (unpaired) electrons. The van der Waals surface area contributed by atoms with Crippen LogP contribution in [0.5, 0.6) is 11.5 Å². The number of hydrogen-bond acceptors (Lipinski definition) is 7. The molecule has 3 aromatic rings. The third-order valence-corrected chi connectivity index (χ3v) is 4.39.